The molecule has 2 aromatic heterocycles. The topological polar surface area (TPSA) is 95.2 Å². The zero-order valence-corrected chi connectivity index (χ0v) is 16.1. The number of β-amino-alcohol motifs (C(OH)–C–C–N with tert-alkyl or cyclic N) is 1. The maximum Gasteiger partial charge on any atom is 0.258 e. The highest BCUT2D eigenvalue weighted by molar-refractivity contribution is 7.89. The Morgan fingerprint density at radius 1 is 1.35 bits per heavy atom. The second-order valence-corrected chi connectivity index (χ2v) is 9.41. The second kappa shape index (κ2) is 7.24. The zero-order chi connectivity index (χ0) is 19.1. The van der Waals surface area contributed by atoms with Gasteiger partial charge < -0.3 is 5.11 Å². The van der Waals surface area contributed by atoms with Crippen LogP contribution in [0.1, 0.15) is 5.69 Å². The fourth-order valence-electron chi connectivity index (χ4n) is 3.09. The Labute approximate surface area is 156 Å². The molecule has 2 atom stereocenters. The molecule has 3 heterocycles. The lowest BCUT2D eigenvalue weighted by atomic mass is 10.1. The number of aliphatic hydroxyl groups is 1. The van der Waals surface area contributed by atoms with Gasteiger partial charge in [-0.25, -0.2) is 17.7 Å². The lowest BCUT2D eigenvalue weighted by molar-refractivity contribution is 0.148. The third kappa shape index (κ3) is 4.07. The van der Waals surface area contributed by atoms with E-state index in [4.69, 9.17) is 11.6 Å². The smallest absolute Gasteiger partial charge is 0.258 e. The minimum absolute atomic E-state index is 0.107. The summed E-state index contributed by atoms with van der Waals surface area (Å²) in [7, 11) is -0.427. The van der Waals surface area contributed by atoms with Crippen molar-refractivity contribution in [3.63, 3.8) is 0 Å². The van der Waals surface area contributed by atoms with Crippen molar-refractivity contribution in [3.8, 4) is 0 Å². The van der Waals surface area contributed by atoms with Crippen LogP contribution in [0.4, 0.5) is 0 Å². The van der Waals surface area contributed by atoms with E-state index in [0.717, 1.165) is 0 Å². The molecule has 0 aromatic carbocycles. The molecule has 1 saturated heterocycles. The van der Waals surface area contributed by atoms with Crippen LogP contribution in [0.25, 0.3) is 5.65 Å². The number of nitrogens with zero attached hydrogens (tertiary/aromatic N) is 4. The maximum absolute atomic E-state index is 12.2. The van der Waals surface area contributed by atoms with Gasteiger partial charge in [0.05, 0.1) is 22.6 Å². The summed E-state index contributed by atoms with van der Waals surface area (Å²) in [5.41, 5.74) is 0.822. The zero-order valence-electron chi connectivity index (χ0n) is 14.5. The lowest BCUT2D eigenvalue weighted by Gasteiger charge is -2.18. The van der Waals surface area contributed by atoms with Crippen LogP contribution in [0.3, 0.4) is 0 Å². The third-order valence-electron chi connectivity index (χ3n) is 4.53. The molecule has 3 rings (SSSR count). The van der Waals surface area contributed by atoms with Gasteiger partial charge in [-0.2, -0.15) is 0 Å². The van der Waals surface area contributed by atoms with Gasteiger partial charge in [-0.05, 0) is 12.1 Å². The summed E-state index contributed by atoms with van der Waals surface area (Å²) in [5.74, 6) is -0.480. The van der Waals surface area contributed by atoms with Crippen LogP contribution in [0.5, 0.6) is 0 Å². The van der Waals surface area contributed by atoms with Crippen LogP contribution in [-0.2, 0) is 16.6 Å². The first-order chi connectivity index (χ1) is 12.2. The SMILES string of the molecule is CN(C)S(=O)(=O)C[C@@H]1CN(Cc2cc(=O)n3cc(Cl)ccc3n2)C[C@@H]1O. The summed E-state index contributed by atoms with van der Waals surface area (Å²) in [4.78, 5) is 18.6. The van der Waals surface area contributed by atoms with Crippen LogP contribution in [0.2, 0.25) is 5.02 Å². The average Bonchev–Trinajstić information content (AvgIpc) is 2.87. The highest BCUT2D eigenvalue weighted by atomic mass is 35.5. The van der Waals surface area contributed by atoms with Gasteiger partial charge in [-0.15, -0.1) is 0 Å². The predicted molar refractivity (Wildman–Crippen MR) is 98.7 cm³/mol. The molecule has 1 fully saturated rings. The van der Waals surface area contributed by atoms with Gasteiger partial charge in [0.1, 0.15) is 5.65 Å². The molecule has 0 spiro atoms. The standard InChI is InChI=1S/C16H21ClN4O4S/c1-19(2)26(24,25)10-11-6-20(9-14(11)22)8-13-5-16(23)21-7-12(17)3-4-15(21)18-13/h3-5,7,11,14,22H,6,8-10H2,1-2H3/t11-,14-/m0/s1. The number of rotatable bonds is 5. The van der Waals surface area contributed by atoms with E-state index in [-0.39, 0.29) is 17.2 Å². The third-order valence-corrected chi connectivity index (χ3v) is 6.71. The van der Waals surface area contributed by atoms with Gasteiger partial charge in [-0.3, -0.25) is 14.1 Å². The molecule has 0 saturated carbocycles. The predicted octanol–water partition coefficient (Wildman–Crippen LogP) is 0.0320. The Hall–Kier alpha value is -1.52. The summed E-state index contributed by atoms with van der Waals surface area (Å²) >= 11 is 5.90. The van der Waals surface area contributed by atoms with E-state index in [1.165, 1.54) is 35.1 Å². The van der Waals surface area contributed by atoms with Crippen LogP contribution >= 0.6 is 11.6 Å². The summed E-state index contributed by atoms with van der Waals surface area (Å²) in [6.07, 6.45) is 0.780. The number of hydrogen-bond donors (Lipinski definition) is 1. The summed E-state index contributed by atoms with van der Waals surface area (Å²) in [6, 6.07) is 4.76. The molecule has 1 aliphatic heterocycles. The minimum atomic E-state index is -3.39. The number of fused-ring (bicyclic) bond motifs is 1. The number of halogens is 1. The quantitative estimate of drug-likeness (QED) is 0.761. The van der Waals surface area contributed by atoms with Crippen LogP contribution in [-0.4, -0.2) is 71.2 Å². The second-order valence-electron chi connectivity index (χ2n) is 6.74. The van der Waals surface area contributed by atoms with Crippen molar-refractivity contribution in [3.05, 3.63) is 45.5 Å². The summed E-state index contributed by atoms with van der Waals surface area (Å²) in [5, 5.41) is 10.7. The molecule has 8 nitrogen and oxygen atoms in total. The van der Waals surface area contributed by atoms with Crippen molar-refractivity contribution >= 4 is 27.3 Å². The molecular formula is C16H21ClN4O4S. The average molecular weight is 401 g/mol. The van der Waals surface area contributed by atoms with Gasteiger partial charge in [0.25, 0.3) is 5.56 Å². The van der Waals surface area contributed by atoms with E-state index in [1.807, 2.05) is 4.90 Å². The van der Waals surface area contributed by atoms with Crippen LogP contribution < -0.4 is 5.56 Å². The van der Waals surface area contributed by atoms with E-state index in [1.54, 1.807) is 12.1 Å². The minimum Gasteiger partial charge on any atom is -0.391 e. The number of hydrogen-bond acceptors (Lipinski definition) is 6. The van der Waals surface area contributed by atoms with Crippen molar-refractivity contribution in [1.29, 1.82) is 0 Å². The molecule has 1 N–H and O–H groups in total. The maximum atomic E-state index is 12.2. The van der Waals surface area contributed by atoms with Crippen molar-refractivity contribution in [2.45, 2.75) is 12.6 Å². The molecule has 0 bridgehead atoms. The van der Waals surface area contributed by atoms with Crippen molar-refractivity contribution in [2.75, 3.05) is 32.9 Å². The van der Waals surface area contributed by atoms with E-state index in [2.05, 4.69) is 4.98 Å². The largest absolute Gasteiger partial charge is 0.391 e. The number of aromatic nitrogens is 2. The van der Waals surface area contributed by atoms with Crippen LogP contribution in [0, 0.1) is 5.92 Å². The molecule has 0 unspecified atom stereocenters. The van der Waals surface area contributed by atoms with Gasteiger partial charge in [-0.1, -0.05) is 11.6 Å². The molecule has 0 amide bonds. The van der Waals surface area contributed by atoms with E-state index in [0.29, 0.717) is 36.0 Å². The highest BCUT2D eigenvalue weighted by Gasteiger charge is 2.35. The fraction of sp³-hybridized carbons (Fsp3) is 0.500. The molecule has 0 aliphatic carbocycles. The number of sulfonamides is 1. The molecule has 2 aromatic rings. The Balaban J connectivity index is 1.75. The first-order valence-electron chi connectivity index (χ1n) is 8.14. The summed E-state index contributed by atoms with van der Waals surface area (Å²) in [6.45, 7) is 1.13. The van der Waals surface area contributed by atoms with Gasteiger partial charge in [0.2, 0.25) is 10.0 Å². The van der Waals surface area contributed by atoms with E-state index >= 15 is 0 Å². The first kappa shape index (κ1) is 19.2. The van der Waals surface area contributed by atoms with E-state index in [9.17, 15) is 18.3 Å². The molecule has 142 valence electrons. The Bertz CT molecular complexity index is 976. The summed E-state index contributed by atoms with van der Waals surface area (Å²) < 4.78 is 26.6. The molecular weight excluding hydrogens is 380 g/mol. The highest BCUT2D eigenvalue weighted by Crippen LogP contribution is 2.21. The van der Waals surface area contributed by atoms with Crippen molar-refractivity contribution < 1.29 is 13.5 Å². The molecule has 1 aliphatic rings. The normalized spacial score (nSPS) is 21.7. The molecule has 10 heteroatoms. The number of pyridine rings is 1. The lowest BCUT2D eigenvalue weighted by Crippen LogP contribution is -2.33. The molecule has 26 heavy (non-hydrogen) atoms. The van der Waals surface area contributed by atoms with Gasteiger partial charge >= 0.3 is 0 Å². The number of likely N-dealkylation sites (tertiary alicyclic amines) is 1. The monoisotopic (exact) mass is 400 g/mol. The van der Waals surface area contributed by atoms with Crippen molar-refractivity contribution in [1.82, 2.24) is 18.6 Å². The Morgan fingerprint density at radius 3 is 2.77 bits per heavy atom. The van der Waals surface area contributed by atoms with E-state index < -0.39 is 16.1 Å². The Kier molecular flexibility index (Phi) is 5.36. The van der Waals surface area contributed by atoms with Crippen LogP contribution in [0.15, 0.2) is 29.2 Å². The van der Waals surface area contributed by atoms with Crippen molar-refractivity contribution in [2.24, 2.45) is 5.92 Å². The molecule has 0 radical (unpaired) electrons. The number of aliphatic hydroxyl groups excluding tert-OH is 1. The Morgan fingerprint density at radius 2 is 2.08 bits per heavy atom. The van der Waals surface area contributed by atoms with Gasteiger partial charge in [0, 0.05) is 51.9 Å². The first-order valence-corrected chi connectivity index (χ1v) is 10.1. The fourth-order valence-corrected chi connectivity index (χ4v) is 4.42. The van der Waals surface area contributed by atoms with Gasteiger partial charge in [0.15, 0.2) is 0 Å².